The van der Waals surface area contributed by atoms with Crippen LogP contribution in [0.5, 0.6) is 0 Å². The van der Waals surface area contributed by atoms with Crippen molar-refractivity contribution >= 4 is 0 Å². The summed E-state index contributed by atoms with van der Waals surface area (Å²) in [5.41, 5.74) is 3.63. The zero-order valence-electron chi connectivity index (χ0n) is 9.80. The maximum absolute atomic E-state index is 5.25. The minimum atomic E-state index is 0.739. The highest BCUT2D eigenvalue weighted by atomic mass is 15.3. The lowest BCUT2D eigenvalue weighted by Gasteiger charge is -2.03. The Hall–Kier alpha value is -1.27. The quantitative estimate of drug-likeness (QED) is 0.740. The lowest BCUT2D eigenvalue weighted by molar-refractivity contribution is 0.605. The van der Waals surface area contributed by atoms with Gasteiger partial charge in [-0.15, -0.1) is 12.3 Å². The first-order valence-electron chi connectivity index (χ1n) is 5.37. The van der Waals surface area contributed by atoms with Crippen molar-refractivity contribution in [1.29, 1.82) is 0 Å². The molecule has 3 nitrogen and oxygen atoms in total. The van der Waals surface area contributed by atoms with Gasteiger partial charge >= 0.3 is 0 Å². The SMILES string of the molecule is C#CCCn1nc(C)c(CNCC)c1C. The third-order valence-corrected chi connectivity index (χ3v) is 2.55. The van der Waals surface area contributed by atoms with E-state index in [1.54, 1.807) is 0 Å². The van der Waals surface area contributed by atoms with Gasteiger partial charge in [0.05, 0.1) is 12.2 Å². The maximum Gasteiger partial charge on any atom is 0.0641 e. The topological polar surface area (TPSA) is 29.9 Å². The Morgan fingerprint density at radius 1 is 1.47 bits per heavy atom. The van der Waals surface area contributed by atoms with Crippen LogP contribution in [-0.2, 0) is 13.1 Å². The molecule has 0 aliphatic carbocycles. The van der Waals surface area contributed by atoms with Crippen molar-refractivity contribution in [3.63, 3.8) is 0 Å². The van der Waals surface area contributed by atoms with E-state index in [4.69, 9.17) is 6.42 Å². The van der Waals surface area contributed by atoms with Crippen molar-refractivity contribution in [1.82, 2.24) is 15.1 Å². The molecule has 0 spiro atoms. The van der Waals surface area contributed by atoms with Gasteiger partial charge < -0.3 is 5.32 Å². The van der Waals surface area contributed by atoms with Crippen LogP contribution in [0.4, 0.5) is 0 Å². The zero-order chi connectivity index (χ0) is 11.3. The molecular weight excluding hydrogens is 186 g/mol. The van der Waals surface area contributed by atoms with Crippen molar-refractivity contribution in [3.8, 4) is 12.3 Å². The number of aryl methyl sites for hydroxylation is 2. The molecule has 1 aromatic rings. The lowest BCUT2D eigenvalue weighted by atomic mass is 10.2. The molecule has 3 heteroatoms. The van der Waals surface area contributed by atoms with Crippen molar-refractivity contribution in [3.05, 3.63) is 17.0 Å². The summed E-state index contributed by atoms with van der Waals surface area (Å²) in [6.07, 6.45) is 5.99. The van der Waals surface area contributed by atoms with E-state index in [9.17, 15) is 0 Å². The van der Waals surface area contributed by atoms with Gasteiger partial charge in [0.15, 0.2) is 0 Å². The number of rotatable bonds is 5. The average Bonchev–Trinajstić information content (AvgIpc) is 2.49. The van der Waals surface area contributed by atoms with Gasteiger partial charge in [0, 0.05) is 24.2 Å². The summed E-state index contributed by atoms with van der Waals surface area (Å²) in [4.78, 5) is 0. The van der Waals surface area contributed by atoms with Gasteiger partial charge in [-0.3, -0.25) is 4.68 Å². The summed E-state index contributed by atoms with van der Waals surface area (Å²) in [5, 5.41) is 7.80. The van der Waals surface area contributed by atoms with E-state index in [0.29, 0.717) is 0 Å². The first-order valence-corrected chi connectivity index (χ1v) is 5.37. The van der Waals surface area contributed by atoms with E-state index in [1.165, 1.54) is 11.3 Å². The summed E-state index contributed by atoms with van der Waals surface area (Å²) >= 11 is 0. The molecular formula is C12H19N3. The van der Waals surface area contributed by atoms with Crippen molar-refractivity contribution in [2.45, 2.75) is 40.3 Å². The minimum absolute atomic E-state index is 0.739. The van der Waals surface area contributed by atoms with Gasteiger partial charge in [0.1, 0.15) is 0 Å². The molecule has 0 radical (unpaired) electrons. The Morgan fingerprint density at radius 3 is 2.80 bits per heavy atom. The van der Waals surface area contributed by atoms with Crippen LogP contribution in [0.15, 0.2) is 0 Å². The van der Waals surface area contributed by atoms with Crippen molar-refractivity contribution in [2.75, 3.05) is 6.54 Å². The van der Waals surface area contributed by atoms with E-state index in [0.717, 1.165) is 31.7 Å². The number of aromatic nitrogens is 2. The molecule has 0 fully saturated rings. The third-order valence-electron chi connectivity index (χ3n) is 2.55. The lowest BCUT2D eigenvalue weighted by Crippen LogP contribution is -2.13. The van der Waals surface area contributed by atoms with E-state index >= 15 is 0 Å². The second-order valence-corrected chi connectivity index (χ2v) is 3.61. The fraction of sp³-hybridized carbons (Fsp3) is 0.583. The van der Waals surface area contributed by atoms with Crippen LogP contribution in [0.25, 0.3) is 0 Å². The Kier molecular flexibility index (Phi) is 4.38. The summed E-state index contributed by atoms with van der Waals surface area (Å²) in [7, 11) is 0. The fourth-order valence-electron chi connectivity index (χ4n) is 1.63. The largest absolute Gasteiger partial charge is 0.313 e. The van der Waals surface area contributed by atoms with E-state index in [-0.39, 0.29) is 0 Å². The molecule has 0 unspecified atom stereocenters. The molecule has 0 aliphatic heterocycles. The van der Waals surface area contributed by atoms with Crippen LogP contribution in [0.1, 0.15) is 30.3 Å². The van der Waals surface area contributed by atoms with Crippen LogP contribution >= 0.6 is 0 Å². The monoisotopic (exact) mass is 205 g/mol. The summed E-state index contributed by atoms with van der Waals surface area (Å²) in [5.74, 6) is 2.64. The number of hydrogen-bond acceptors (Lipinski definition) is 2. The molecule has 0 atom stereocenters. The molecule has 0 aliphatic rings. The second-order valence-electron chi connectivity index (χ2n) is 3.61. The highest BCUT2D eigenvalue weighted by Crippen LogP contribution is 2.12. The molecule has 1 heterocycles. The normalized spacial score (nSPS) is 10.3. The van der Waals surface area contributed by atoms with Crippen LogP contribution in [-0.4, -0.2) is 16.3 Å². The highest BCUT2D eigenvalue weighted by Gasteiger charge is 2.09. The van der Waals surface area contributed by atoms with Crippen LogP contribution < -0.4 is 5.32 Å². The standard InChI is InChI=1S/C12H19N3/c1-5-7-8-15-11(4)12(9-13-6-2)10(3)14-15/h1,13H,6-9H2,2-4H3. The molecule has 0 saturated heterocycles. The Bertz CT molecular complexity index is 358. The summed E-state index contributed by atoms with van der Waals surface area (Å²) in [6, 6.07) is 0. The van der Waals surface area contributed by atoms with Gasteiger partial charge in [0.25, 0.3) is 0 Å². The van der Waals surface area contributed by atoms with E-state index in [1.807, 2.05) is 11.6 Å². The van der Waals surface area contributed by atoms with Crippen LogP contribution in [0.2, 0.25) is 0 Å². The van der Waals surface area contributed by atoms with E-state index in [2.05, 4.69) is 30.2 Å². The molecule has 1 N–H and O–H groups in total. The summed E-state index contributed by atoms with van der Waals surface area (Å²) in [6.45, 7) is 8.94. The smallest absolute Gasteiger partial charge is 0.0641 e. The number of nitrogens with zero attached hydrogens (tertiary/aromatic N) is 2. The first-order chi connectivity index (χ1) is 7.20. The molecule has 1 rings (SSSR count). The Balaban J connectivity index is 2.79. The Labute approximate surface area is 91.9 Å². The van der Waals surface area contributed by atoms with E-state index < -0.39 is 0 Å². The average molecular weight is 205 g/mol. The molecule has 0 amide bonds. The first kappa shape index (κ1) is 11.8. The molecule has 0 aromatic carbocycles. The van der Waals surface area contributed by atoms with Crippen molar-refractivity contribution in [2.24, 2.45) is 0 Å². The predicted octanol–water partition coefficient (Wildman–Crippen LogP) is 1.63. The second kappa shape index (κ2) is 5.57. The predicted molar refractivity (Wildman–Crippen MR) is 62.5 cm³/mol. The number of nitrogens with one attached hydrogen (secondary N) is 1. The number of terminal acetylenes is 1. The third kappa shape index (κ3) is 2.84. The zero-order valence-corrected chi connectivity index (χ0v) is 9.80. The van der Waals surface area contributed by atoms with Gasteiger partial charge in [-0.25, -0.2) is 0 Å². The van der Waals surface area contributed by atoms with Crippen LogP contribution in [0, 0.1) is 26.2 Å². The maximum atomic E-state index is 5.25. The minimum Gasteiger partial charge on any atom is -0.313 e. The molecule has 15 heavy (non-hydrogen) atoms. The highest BCUT2D eigenvalue weighted by molar-refractivity contribution is 5.24. The molecule has 0 saturated carbocycles. The van der Waals surface area contributed by atoms with Gasteiger partial charge in [-0.2, -0.15) is 5.10 Å². The van der Waals surface area contributed by atoms with Crippen molar-refractivity contribution < 1.29 is 0 Å². The number of hydrogen-bond donors (Lipinski definition) is 1. The molecule has 0 bridgehead atoms. The van der Waals surface area contributed by atoms with Gasteiger partial charge in [0.2, 0.25) is 0 Å². The fourth-order valence-corrected chi connectivity index (χ4v) is 1.63. The Morgan fingerprint density at radius 2 is 2.20 bits per heavy atom. The molecule has 1 aromatic heterocycles. The van der Waals surface area contributed by atoms with Gasteiger partial charge in [-0.05, 0) is 20.4 Å². The van der Waals surface area contributed by atoms with Crippen LogP contribution in [0.3, 0.4) is 0 Å². The molecule has 82 valence electrons. The summed E-state index contributed by atoms with van der Waals surface area (Å²) < 4.78 is 2.00. The van der Waals surface area contributed by atoms with Gasteiger partial charge in [-0.1, -0.05) is 6.92 Å².